The molecule has 2 N–H and O–H groups in total. The minimum absolute atomic E-state index is 0.255. The zero-order valence-electron chi connectivity index (χ0n) is 12.4. The topological polar surface area (TPSA) is 66.0 Å². The lowest BCUT2D eigenvalue weighted by molar-refractivity contribution is 0.415. The van der Waals surface area contributed by atoms with Gasteiger partial charge in [0.2, 0.25) is 5.16 Å². The van der Waals surface area contributed by atoms with Crippen LogP contribution in [0.5, 0.6) is 5.75 Å². The lowest BCUT2D eigenvalue weighted by atomic mass is 10.2. The number of methoxy groups -OCH3 is 1. The van der Waals surface area contributed by atoms with Crippen molar-refractivity contribution in [2.24, 2.45) is 0 Å². The second-order valence-electron chi connectivity index (χ2n) is 4.83. The average molecular weight is 330 g/mol. The van der Waals surface area contributed by atoms with Gasteiger partial charge in [0.1, 0.15) is 11.6 Å². The quantitative estimate of drug-likeness (QED) is 0.575. The van der Waals surface area contributed by atoms with E-state index in [1.807, 2.05) is 30.3 Å². The molecule has 1 aromatic heterocycles. The Morgan fingerprint density at radius 2 is 2.00 bits per heavy atom. The van der Waals surface area contributed by atoms with Crippen LogP contribution in [0.4, 0.5) is 4.39 Å². The fourth-order valence-corrected chi connectivity index (χ4v) is 2.91. The molecule has 0 aliphatic rings. The summed E-state index contributed by atoms with van der Waals surface area (Å²) < 4.78 is 19.8. The molecule has 3 aromatic rings. The summed E-state index contributed by atoms with van der Waals surface area (Å²) in [6.07, 6.45) is 0. The van der Waals surface area contributed by atoms with Gasteiger partial charge in [-0.1, -0.05) is 36.0 Å². The van der Waals surface area contributed by atoms with Gasteiger partial charge in [-0.15, -0.1) is 10.2 Å². The molecule has 0 radical (unpaired) electrons. The highest BCUT2D eigenvalue weighted by atomic mass is 32.2. The van der Waals surface area contributed by atoms with Crippen molar-refractivity contribution in [1.29, 1.82) is 0 Å². The number of rotatable bonds is 5. The van der Waals surface area contributed by atoms with Crippen molar-refractivity contribution in [3.63, 3.8) is 0 Å². The Bertz CT molecular complexity index is 821. The Kier molecular flexibility index (Phi) is 4.47. The molecule has 2 aromatic carbocycles. The number of ether oxygens (including phenoxy) is 1. The van der Waals surface area contributed by atoms with Crippen LogP contribution < -0.4 is 10.6 Å². The van der Waals surface area contributed by atoms with Gasteiger partial charge in [-0.3, -0.25) is 0 Å². The molecule has 0 fully saturated rings. The highest BCUT2D eigenvalue weighted by Crippen LogP contribution is 2.26. The monoisotopic (exact) mass is 330 g/mol. The van der Waals surface area contributed by atoms with Gasteiger partial charge in [0.05, 0.1) is 7.11 Å². The Labute approximate surface area is 137 Å². The van der Waals surface area contributed by atoms with Crippen molar-refractivity contribution in [3.8, 4) is 17.1 Å². The number of nitrogen functional groups attached to an aromatic ring is 1. The van der Waals surface area contributed by atoms with Crippen molar-refractivity contribution in [2.75, 3.05) is 13.0 Å². The summed E-state index contributed by atoms with van der Waals surface area (Å²) in [5.41, 5.74) is 1.68. The van der Waals surface area contributed by atoms with Crippen LogP contribution >= 0.6 is 11.8 Å². The van der Waals surface area contributed by atoms with Crippen molar-refractivity contribution in [3.05, 3.63) is 59.9 Å². The molecule has 0 bridgehead atoms. The number of thioether (sulfide) groups is 1. The molecule has 5 nitrogen and oxygen atoms in total. The van der Waals surface area contributed by atoms with Crippen molar-refractivity contribution in [1.82, 2.24) is 14.9 Å². The minimum atomic E-state index is -0.255. The molecule has 0 unspecified atom stereocenters. The Morgan fingerprint density at radius 1 is 1.17 bits per heavy atom. The number of aromatic nitrogens is 3. The van der Waals surface area contributed by atoms with E-state index in [4.69, 9.17) is 10.6 Å². The van der Waals surface area contributed by atoms with Crippen molar-refractivity contribution in [2.45, 2.75) is 10.9 Å². The molecule has 0 amide bonds. The van der Waals surface area contributed by atoms with Gasteiger partial charge in [-0.25, -0.2) is 9.07 Å². The normalized spacial score (nSPS) is 10.7. The fraction of sp³-hybridized carbons (Fsp3) is 0.125. The standard InChI is InChI=1S/C16H15FN4OS/c1-22-14-7-3-5-12(9-14)15-19-20-16(21(15)18)23-10-11-4-2-6-13(17)8-11/h2-9H,10,18H2,1H3. The highest BCUT2D eigenvalue weighted by Gasteiger charge is 2.13. The number of hydrogen-bond donors (Lipinski definition) is 1. The molecule has 7 heteroatoms. The van der Waals surface area contributed by atoms with E-state index in [1.165, 1.54) is 28.6 Å². The van der Waals surface area contributed by atoms with Gasteiger partial charge >= 0.3 is 0 Å². The number of nitrogens with two attached hydrogens (primary N) is 1. The zero-order valence-corrected chi connectivity index (χ0v) is 13.3. The van der Waals surface area contributed by atoms with Crippen LogP contribution in [0.25, 0.3) is 11.4 Å². The van der Waals surface area contributed by atoms with Gasteiger partial charge in [-0.05, 0) is 29.8 Å². The van der Waals surface area contributed by atoms with Crippen LogP contribution in [-0.2, 0) is 5.75 Å². The maximum Gasteiger partial charge on any atom is 0.210 e. The highest BCUT2D eigenvalue weighted by molar-refractivity contribution is 7.98. The lowest BCUT2D eigenvalue weighted by Crippen LogP contribution is -2.11. The summed E-state index contributed by atoms with van der Waals surface area (Å²) in [5, 5.41) is 8.79. The first kappa shape index (κ1) is 15.4. The molecule has 118 valence electrons. The summed E-state index contributed by atoms with van der Waals surface area (Å²) in [6, 6.07) is 13.9. The SMILES string of the molecule is COc1cccc(-c2nnc(SCc3cccc(F)c3)n2N)c1. The first-order valence-electron chi connectivity index (χ1n) is 6.89. The summed E-state index contributed by atoms with van der Waals surface area (Å²) in [4.78, 5) is 0. The average Bonchev–Trinajstić information content (AvgIpc) is 2.94. The third-order valence-electron chi connectivity index (χ3n) is 3.25. The number of hydrogen-bond acceptors (Lipinski definition) is 5. The molecule has 23 heavy (non-hydrogen) atoms. The predicted octanol–water partition coefficient (Wildman–Crippen LogP) is 3.10. The van der Waals surface area contributed by atoms with E-state index in [9.17, 15) is 4.39 Å². The summed E-state index contributed by atoms with van der Waals surface area (Å²) in [7, 11) is 1.60. The van der Waals surface area contributed by atoms with Gasteiger partial charge in [0, 0.05) is 11.3 Å². The van der Waals surface area contributed by atoms with E-state index in [1.54, 1.807) is 13.2 Å². The maximum atomic E-state index is 13.2. The van der Waals surface area contributed by atoms with E-state index in [2.05, 4.69) is 10.2 Å². The summed E-state index contributed by atoms with van der Waals surface area (Å²) >= 11 is 1.40. The van der Waals surface area contributed by atoms with Gasteiger partial charge in [-0.2, -0.15) is 0 Å². The zero-order chi connectivity index (χ0) is 16.2. The summed E-state index contributed by atoms with van der Waals surface area (Å²) in [6.45, 7) is 0. The second kappa shape index (κ2) is 6.70. The second-order valence-corrected chi connectivity index (χ2v) is 5.77. The van der Waals surface area contributed by atoms with Gasteiger partial charge < -0.3 is 10.6 Å². The third kappa shape index (κ3) is 3.45. The van der Waals surface area contributed by atoms with Crippen LogP contribution in [-0.4, -0.2) is 22.0 Å². The van der Waals surface area contributed by atoms with Gasteiger partial charge in [0.25, 0.3) is 0 Å². The van der Waals surface area contributed by atoms with Crippen LogP contribution in [0.15, 0.2) is 53.7 Å². The summed E-state index contributed by atoms with van der Waals surface area (Å²) in [5.74, 6) is 7.65. The van der Waals surface area contributed by atoms with Crippen LogP contribution in [0.2, 0.25) is 0 Å². The first-order valence-corrected chi connectivity index (χ1v) is 7.88. The molecule has 3 rings (SSSR count). The fourth-order valence-electron chi connectivity index (χ4n) is 2.11. The number of nitrogens with zero attached hydrogens (tertiary/aromatic N) is 3. The number of halogens is 1. The van der Waals surface area contributed by atoms with E-state index in [0.29, 0.717) is 16.7 Å². The smallest absolute Gasteiger partial charge is 0.210 e. The molecular formula is C16H15FN4OS. The number of benzene rings is 2. The maximum absolute atomic E-state index is 13.2. The molecule has 0 aliphatic carbocycles. The third-order valence-corrected chi connectivity index (χ3v) is 4.26. The van der Waals surface area contributed by atoms with E-state index in [-0.39, 0.29) is 5.82 Å². The largest absolute Gasteiger partial charge is 0.497 e. The molecule has 0 saturated heterocycles. The Morgan fingerprint density at radius 3 is 2.78 bits per heavy atom. The van der Waals surface area contributed by atoms with Gasteiger partial charge in [0.15, 0.2) is 5.82 Å². The lowest BCUT2D eigenvalue weighted by Gasteiger charge is -2.05. The van der Waals surface area contributed by atoms with E-state index < -0.39 is 0 Å². The molecule has 0 atom stereocenters. The predicted molar refractivity (Wildman–Crippen MR) is 88.1 cm³/mol. The molecule has 0 saturated carbocycles. The van der Waals surface area contributed by atoms with Crippen molar-refractivity contribution >= 4 is 11.8 Å². The first-order chi connectivity index (χ1) is 11.2. The molecular weight excluding hydrogens is 315 g/mol. The van der Waals surface area contributed by atoms with E-state index >= 15 is 0 Å². The Balaban J connectivity index is 1.79. The van der Waals surface area contributed by atoms with Crippen LogP contribution in [0, 0.1) is 5.82 Å². The van der Waals surface area contributed by atoms with Crippen LogP contribution in [0.3, 0.4) is 0 Å². The molecule has 1 heterocycles. The van der Waals surface area contributed by atoms with Crippen molar-refractivity contribution < 1.29 is 9.13 Å². The van der Waals surface area contributed by atoms with Crippen LogP contribution in [0.1, 0.15) is 5.56 Å². The minimum Gasteiger partial charge on any atom is -0.497 e. The van der Waals surface area contributed by atoms with E-state index in [0.717, 1.165) is 16.9 Å². The molecule has 0 spiro atoms. The Hall–Kier alpha value is -2.54. The molecule has 0 aliphatic heterocycles.